The van der Waals surface area contributed by atoms with Crippen LogP contribution < -0.4 is 10.6 Å². The van der Waals surface area contributed by atoms with Gasteiger partial charge in [-0.25, -0.2) is 4.79 Å². The molecule has 0 bridgehead atoms. The van der Waals surface area contributed by atoms with Gasteiger partial charge in [0.2, 0.25) is 0 Å². The van der Waals surface area contributed by atoms with E-state index in [4.69, 9.17) is 4.74 Å². The minimum absolute atomic E-state index is 0.514. The van der Waals surface area contributed by atoms with Gasteiger partial charge >= 0.3 is 12.0 Å². The Hall–Kier alpha value is -3.68. The van der Waals surface area contributed by atoms with Crippen LogP contribution in [0.25, 0.3) is 0 Å². The monoisotopic (exact) mass is 409 g/mol. The summed E-state index contributed by atoms with van der Waals surface area (Å²) < 4.78 is 5.12. The standard InChI is InChI=1S/C22H23N3O5/c1-14-8-7-11-17(12-14)23-19(27)15(2)30-18(26)13-25-20(28)22(3,24-21(25)29)16-9-5-4-6-10-16/h4-12,15H,13H2,1-3H3,(H,23,27)(H,24,29)/t15-,22-/m1/s1. The minimum Gasteiger partial charge on any atom is -0.451 e. The quantitative estimate of drug-likeness (QED) is 0.563. The molecule has 30 heavy (non-hydrogen) atoms. The topological polar surface area (TPSA) is 105 Å². The molecule has 3 rings (SSSR count). The van der Waals surface area contributed by atoms with Crippen molar-refractivity contribution in [2.24, 2.45) is 0 Å². The lowest BCUT2D eigenvalue weighted by atomic mass is 9.92. The number of nitrogens with one attached hydrogen (secondary N) is 2. The predicted molar refractivity (Wildman–Crippen MR) is 109 cm³/mol. The first-order chi connectivity index (χ1) is 14.2. The second-order valence-corrected chi connectivity index (χ2v) is 7.30. The van der Waals surface area contributed by atoms with Crippen molar-refractivity contribution in [3.05, 3.63) is 65.7 Å². The number of hydrogen-bond acceptors (Lipinski definition) is 5. The molecule has 0 saturated carbocycles. The zero-order valence-corrected chi connectivity index (χ0v) is 17.0. The molecular formula is C22H23N3O5. The molecule has 0 aliphatic carbocycles. The molecule has 8 nitrogen and oxygen atoms in total. The van der Waals surface area contributed by atoms with Crippen molar-refractivity contribution in [1.82, 2.24) is 10.2 Å². The van der Waals surface area contributed by atoms with Gasteiger partial charge in [0.25, 0.3) is 11.8 Å². The Balaban J connectivity index is 1.61. The Bertz CT molecular complexity index is 991. The number of esters is 1. The Kier molecular flexibility index (Phi) is 5.86. The van der Waals surface area contributed by atoms with Crippen LogP contribution in [0.2, 0.25) is 0 Å². The number of amides is 4. The molecule has 0 unspecified atom stereocenters. The summed E-state index contributed by atoms with van der Waals surface area (Å²) in [5, 5.41) is 5.27. The smallest absolute Gasteiger partial charge is 0.327 e. The molecule has 1 aliphatic rings. The molecule has 1 aliphatic heterocycles. The highest BCUT2D eigenvalue weighted by Gasteiger charge is 2.49. The zero-order chi connectivity index (χ0) is 21.9. The number of urea groups is 1. The molecule has 0 radical (unpaired) electrons. The van der Waals surface area contributed by atoms with Crippen LogP contribution >= 0.6 is 0 Å². The molecule has 0 spiro atoms. The Morgan fingerprint density at radius 1 is 1.13 bits per heavy atom. The van der Waals surface area contributed by atoms with Crippen LogP contribution in [0.5, 0.6) is 0 Å². The van der Waals surface area contributed by atoms with Crippen molar-refractivity contribution >= 4 is 29.5 Å². The van der Waals surface area contributed by atoms with E-state index in [-0.39, 0.29) is 0 Å². The Morgan fingerprint density at radius 2 is 1.83 bits per heavy atom. The predicted octanol–water partition coefficient (Wildman–Crippen LogP) is 2.33. The maximum absolute atomic E-state index is 12.8. The first-order valence-corrected chi connectivity index (χ1v) is 9.47. The third-order valence-electron chi connectivity index (χ3n) is 4.88. The second-order valence-electron chi connectivity index (χ2n) is 7.30. The first-order valence-electron chi connectivity index (χ1n) is 9.47. The molecular weight excluding hydrogens is 386 g/mol. The highest BCUT2D eigenvalue weighted by molar-refractivity contribution is 6.09. The summed E-state index contributed by atoms with van der Waals surface area (Å²) in [4.78, 5) is 50.5. The summed E-state index contributed by atoms with van der Waals surface area (Å²) >= 11 is 0. The molecule has 156 valence electrons. The van der Waals surface area contributed by atoms with Crippen molar-refractivity contribution < 1.29 is 23.9 Å². The SMILES string of the molecule is Cc1cccc(NC(=O)[C@@H](C)OC(=O)CN2C(=O)N[C@](C)(c3ccccc3)C2=O)c1. The average Bonchev–Trinajstić information content (AvgIpc) is 2.92. The lowest BCUT2D eigenvalue weighted by molar-refractivity contribution is -0.155. The van der Waals surface area contributed by atoms with E-state index in [0.29, 0.717) is 11.3 Å². The highest BCUT2D eigenvalue weighted by atomic mass is 16.5. The van der Waals surface area contributed by atoms with Crippen LogP contribution in [0.15, 0.2) is 54.6 Å². The first kappa shape index (κ1) is 21.0. The minimum atomic E-state index is -1.27. The summed E-state index contributed by atoms with van der Waals surface area (Å²) in [6, 6.07) is 15.2. The Labute approximate surface area is 174 Å². The maximum Gasteiger partial charge on any atom is 0.327 e. The number of hydrogen-bond donors (Lipinski definition) is 2. The fourth-order valence-corrected chi connectivity index (χ4v) is 3.19. The number of aryl methyl sites for hydroxylation is 1. The number of carbonyl (C=O) groups is 4. The van der Waals surface area contributed by atoms with Gasteiger partial charge in [-0.15, -0.1) is 0 Å². The summed E-state index contributed by atoms with van der Waals surface area (Å²) in [7, 11) is 0. The molecule has 2 aromatic carbocycles. The van der Waals surface area contributed by atoms with Crippen molar-refractivity contribution in [2.45, 2.75) is 32.4 Å². The molecule has 4 amide bonds. The van der Waals surface area contributed by atoms with Crippen LogP contribution in [-0.4, -0.2) is 41.4 Å². The second kappa shape index (κ2) is 8.36. The van der Waals surface area contributed by atoms with Crippen molar-refractivity contribution in [2.75, 3.05) is 11.9 Å². The lowest BCUT2D eigenvalue weighted by Crippen LogP contribution is -2.42. The molecule has 2 atom stereocenters. The summed E-state index contributed by atoms with van der Waals surface area (Å²) in [6.45, 7) is 4.30. The van der Waals surface area contributed by atoms with Gasteiger partial charge in [-0.1, -0.05) is 42.5 Å². The number of rotatable bonds is 6. The van der Waals surface area contributed by atoms with Crippen LogP contribution in [0.3, 0.4) is 0 Å². The third-order valence-corrected chi connectivity index (χ3v) is 4.88. The normalized spacial score (nSPS) is 19.2. The fourth-order valence-electron chi connectivity index (χ4n) is 3.19. The van der Waals surface area contributed by atoms with E-state index in [1.165, 1.54) is 6.92 Å². The molecule has 2 aromatic rings. The molecule has 1 fully saturated rings. The van der Waals surface area contributed by atoms with Crippen LogP contribution in [-0.2, 0) is 24.7 Å². The van der Waals surface area contributed by atoms with E-state index < -0.39 is 42.0 Å². The van der Waals surface area contributed by atoms with Gasteiger partial charge in [-0.05, 0) is 44.0 Å². The third kappa shape index (κ3) is 4.32. The van der Waals surface area contributed by atoms with Gasteiger partial charge in [-0.3, -0.25) is 19.3 Å². The highest BCUT2D eigenvalue weighted by Crippen LogP contribution is 2.28. The fraction of sp³-hybridized carbons (Fsp3) is 0.273. The van der Waals surface area contributed by atoms with Gasteiger partial charge in [0.05, 0.1) is 0 Å². The summed E-state index contributed by atoms with van der Waals surface area (Å²) in [5.41, 5.74) is 0.880. The molecule has 1 heterocycles. The van der Waals surface area contributed by atoms with Gasteiger partial charge in [0.1, 0.15) is 12.1 Å². The number of ether oxygens (including phenoxy) is 1. The van der Waals surface area contributed by atoms with E-state index in [9.17, 15) is 19.2 Å². The van der Waals surface area contributed by atoms with E-state index in [1.807, 2.05) is 13.0 Å². The van der Waals surface area contributed by atoms with E-state index in [1.54, 1.807) is 55.5 Å². The van der Waals surface area contributed by atoms with E-state index in [2.05, 4.69) is 10.6 Å². The Morgan fingerprint density at radius 3 is 2.50 bits per heavy atom. The van der Waals surface area contributed by atoms with Crippen LogP contribution in [0.1, 0.15) is 25.0 Å². The average molecular weight is 409 g/mol. The van der Waals surface area contributed by atoms with Crippen molar-refractivity contribution in [1.29, 1.82) is 0 Å². The van der Waals surface area contributed by atoms with Crippen molar-refractivity contribution in [3.8, 4) is 0 Å². The summed E-state index contributed by atoms with van der Waals surface area (Å²) in [5.74, 6) is -1.93. The number of imide groups is 1. The van der Waals surface area contributed by atoms with Crippen LogP contribution in [0, 0.1) is 6.92 Å². The molecule has 8 heteroatoms. The summed E-state index contributed by atoms with van der Waals surface area (Å²) in [6.07, 6.45) is -1.10. The van der Waals surface area contributed by atoms with Gasteiger partial charge in [0.15, 0.2) is 6.10 Å². The van der Waals surface area contributed by atoms with Gasteiger partial charge in [-0.2, -0.15) is 0 Å². The number of carbonyl (C=O) groups excluding carboxylic acids is 4. The zero-order valence-electron chi connectivity index (χ0n) is 17.0. The number of anilines is 1. The van der Waals surface area contributed by atoms with Crippen LogP contribution in [0.4, 0.5) is 10.5 Å². The maximum atomic E-state index is 12.8. The number of nitrogens with zero attached hydrogens (tertiary/aromatic N) is 1. The van der Waals surface area contributed by atoms with E-state index >= 15 is 0 Å². The van der Waals surface area contributed by atoms with Gasteiger partial charge in [0, 0.05) is 5.69 Å². The number of benzene rings is 2. The van der Waals surface area contributed by atoms with E-state index in [0.717, 1.165) is 10.5 Å². The van der Waals surface area contributed by atoms with Crippen molar-refractivity contribution in [3.63, 3.8) is 0 Å². The lowest BCUT2D eigenvalue weighted by Gasteiger charge is -2.22. The molecule has 2 N–H and O–H groups in total. The molecule has 1 saturated heterocycles. The van der Waals surface area contributed by atoms with Gasteiger partial charge < -0.3 is 15.4 Å². The largest absolute Gasteiger partial charge is 0.451 e. The molecule has 0 aromatic heterocycles.